The Morgan fingerprint density at radius 3 is 3.20 bits per heavy atom. The van der Waals surface area contributed by atoms with E-state index in [1.807, 2.05) is 0 Å². The number of rotatable bonds is 5. The third kappa shape index (κ3) is 3.01. The fraction of sp³-hybridized carbons (Fsp3) is 0.500. The molecule has 3 rings (SSSR count). The van der Waals surface area contributed by atoms with Crippen molar-refractivity contribution in [3.63, 3.8) is 0 Å². The van der Waals surface area contributed by atoms with E-state index in [4.69, 9.17) is 5.11 Å². The molecule has 0 unspecified atom stereocenters. The topological polar surface area (TPSA) is 80.9 Å². The number of hydrogen-bond acceptors (Lipinski definition) is 6. The van der Waals surface area contributed by atoms with Gasteiger partial charge in [-0.3, -0.25) is 4.79 Å². The first-order valence-electron chi connectivity index (χ1n) is 6.42. The molecule has 3 heterocycles. The molecule has 0 aliphatic carbocycles. The van der Waals surface area contributed by atoms with E-state index in [0.29, 0.717) is 5.69 Å². The smallest absolute Gasteiger partial charge is 0.309 e. The van der Waals surface area contributed by atoms with Crippen LogP contribution in [0.15, 0.2) is 9.72 Å². The minimum absolute atomic E-state index is 0.0165. The van der Waals surface area contributed by atoms with Gasteiger partial charge in [-0.15, -0.1) is 21.5 Å². The van der Waals surface area contributed by atoms with Crippen LogP contribution in [0.2, 0.25) is 0 Å². The molecular formula is C12H14N4O2S2. The summed E-state index contributed by atoms with van der Waals surface area (Å²) in [6, 6.07) is 0. The largest absolute Gasteiger partial charge is 0.481 e. The predicted molar refractivity (Wildman–Crippen MR) is 76.0 cm³/mol. The molecular weight excluding hydrogens is 296 g/mol. The van der Waals surface area contributed by atoms with Crippen LogP contribution in [0.25, 0.3) is 0 Å². The zero-order valence-electron chi connectivity index (χ0n) is 10.8. The van der Waals surface area contributed by atoms with Gasteiger partial charge in [0.05, 0.1) is 17.9 Å². The number of fused-ring (bicyclic) bond motifs is 1. The number of thioether (sulfide) groups is 1. The lowest BCUT2D eigenvalue weighted by atomic mass is 10.2. The lowest BCUT2D eigenvalue weighted by molar-refractivity contribution is -0.136. The fourth-order valence-corrected chi connectivity index (χ4v) is 3.98. The van der Waals surface area contributed by atoms with Gasteiger partial charge < -0.3 is 9.67 Å². The van der Waals surface area contributed by atoms with Crippen molar-refractivity contribution in [2.45, 2.75) is 42.3 Å². The van der Waals surface area contributed by atoms with E-state index in [0.717, 1.165) is 34.7 Å². The average Bonchev–Trinajstić information content (AvgIpc) is 3.02. The Morgan fingerprint density at radius 1 is 1.45 bits per heavy atom. The fourth-order valence-electron chi connectivity index (χ4n) is 2.19. The zero-order valence-corrected chi connectivity index (χ0v) is 12.4. The maximum Gasteiger partial charge on any atom is 0.309 e. The summed E-state index contributed by atoms with van der Waals surface area (Å²) in [5.41, 5.74) is 0.619. The van der Waals surface area contributed by atoms with Crippen LogP contribution >= 0.6 is 23.1 Å². The molecule has 0 bridgehead atoms. The van der Waals surface area contributed by atoms with Gasteiger partial charge >= 0.3 is 5.97 Å². The predicted octanol–water partition coefficient (Wildman–Crippen LogP) is 1.99. The van der Waals surface area contributed by atoms with Crippen LogP contribution in [-0.2, 0) is 29.9 Å². The second-order valence-corrected chi connectivity index (χ2v) is 6.69. The normalized spacial score (nSPS) is 14.2. The second-order valence-electron chi connectivity index (χ2n) is 4.61. The highest BCUT2D eigenvalue weighted by Crippen LogP contribution is 2.27. The van der Waals surface area contributed by atoms with Crippen molar-refractivity contribution in [3.05, 3.63) is 22.7 Å². The monoisotopic (exact) mass is 310 g/mol. The van der Waals surface area contributed by atoms with Gasteiger partial charge in [0.15, 0.2) is 4.34 Å². The first kappa shape index (κ1) is 13.6. The maximum atomic E-state index is 10.6. The van der Waals surface area contributed by atoms with Crippen molar-refractivity contribution < 1.29 is 9.90 Å². The Balaban J connectivity index is 1.63. The Labute approximate surface area is 124 Å². The van der Waals surface area contributed by atoms with Crippen molar-refractivity contribution in [1.82, 2.24) is 19.7 Å². The summed E-state index contributed by atoms with van der Waals surface area (Å²) in [4.78, 5) is 14.9. The van der Waals surface area contributed by atoms with Crippen LogP contribution in [0.1, 0.15) is 30.2 Å². The summed E-state index contributed by atoms with van der Waals surface area (Å²) in [6.45, 7) is 1.00. The quantitative estimate of drug-likeness (QED) is 0.851. The number of carbonyl (C=O) groups is 1. The molecule has 0 saturated heterocycles. The first-order valence-corrected chi connectivity index (χ1v) is 8.29. The van der Waals surface area contributed by atoms with Gasteiger partial charge in [-0.25, -0.2) is 4.98 Å². The van der Waals surface area contributed by atoms with Gasteiger partial charge in [0.2, 0.25) is 0 Å². The molecule has 0 aromatic carbocycles. The van der Waals surface area contributed by atoms with Gasteiger partial charge in [0.25, 0.3) is 0 Å². The van der Waals surface area contributed by atoms with Gasteiger partial charge in [-0.1, -0.05) is 11.8 Å². The van der Waals surface area contributed by atoms with Crippen molar-refractivity contribution in [3.8, 4) is 0 Å². The van der Waals surface area contributed by atoms with Gasteiger partial charge in [0.1, 0.15) is 11.6 Å². The summed E-state index contributed by atoms with van der Waals surface area (Å²) in [5.74, 6) is 1.95. The van der Waals surface area contributed by atoms with Crippen LogP contribution in [0.5, 0.6) is 0 Å². The molecule has 0 radical (unpaired) electrons. The Kier molecular flexibility index (Phi) is 4.02. The number of aliphatic carboxylic acids is 1. The average molecular weight is 310 g/mol. The van der Waals surface area contributed by atoms with Crippen LogP contribution in [0.4, 0.5) is 0 Å². The van der Waals surface area contributed by atoms with Crippen molar-refractivity contribution in [1.29, 1.82) is 0 Å². The molecule has 106 valence electrons. The van der Waals surface area contributed by atoms with E-state index in [2.05, 4.69) is 19.7 Å². The number of hydrogen-bond donors (Lipinski definition) is 1. The SMILES string of the molecule is O=C(O)Cc1csc(SCc2nnc3n2CCCC3)n1. The highest BCUT2D eigenvalue weighted by Gasteiger charge is 2.16. The van der Waals surface area contributed by atoms with Crippen LogP contribution in [0.3, 0.4) is 0 Å². The molecule has 20 heavy (non-hydrogen) atoms. The minimum Gasteiger partial charge on any atom is -0.481 e. The summed E-state index contributed by atoms with van der Waals surface area (Å²) in [5, 5.41) is 19.0. The van der Waals surface area contributed by atoms with E-state index in [1.54, 1.807) is 17.1 Å². The molecule has 2 aromatic heterocycles. The Hall–Kier alpha value is -1.41. The van der Waals surface area contributed by atoms with Gasteiger partial charge in [0, 0.05) is 18.3 Å². The minimum atomic E-state index is -0.849. The number of aromatic nitrogens is 4. The van der Waals surface area contributed by atoms with E-state index in [9.17, 15) is 4.79 Å². The van der Waals surface area contributed by atoms with Crippen LogP contribution in [0, 0.1) is 0 Å². The van der Waals surface area contributed by atoms with E-state index < -0.39 is 5.97 Å². The summed E-state index contributed by atoms with van der Waals surface area (Å²) in [7, 11) is 0. The number of carboxylic acid groups (broad SMARTS) is 1. The molecule has 2 aromatic rings. The van der Waals surface area contributed by atoms with E-state index in [1.165, 1.54) is 24.2 Å². The van der Waals surface area contributed by atoms with Crippen molar-refractivity contribution in [2.24, 2.45) is 0 Å². The van der Waals surface area contributed by atoms with E-state index >= 15 is 0 Å². The number of thiazole rings is 1. The molecule has 1 N–H and O–H groups in total. The number of carboxylic acids is 1. The molecule has 6 nitrogen and oxygen atoms in total. The number of aryl methyl sites for hydroxylation is 1. The highest BCUT2D eigenvalue weighted by molar-refractivity contribution is 8.00. The standard InChI is InChI=1S/C12H14N4O2S2/c17-11(18)5-8-6-19-12(13-8)20-7-10-15-14-9-3-1-2-4-16(9)10/h6H,1-5,7H2,(H,17,18). The lowest BCUT2D eigenvalue weighted by Crippen LogP contribution is -2.12. The molecule has 1 aliphatic heterocycles. The molecule has 8 heteroatoms. The third-order valence-electron chi connectivity index (χ3n) is 3.12. The summed E-state index contributed by atoms with van der Waals surface area (Å²) in [6.07, 6.45) is 3.37. The molecule has 0 amide bonds. The Morgan fingerprint density at radius 2 is 2.35 bits per heavy atom. The molecule has 0 atom stereocenters. The Bertz CT molecular complexity index is 623. The summed E-state index contributed by atoms with van der Waals surface area (Å²) < 4.78 is 3.08. The molecule has 1 aliphatic rings. The molecule has 0 spiro atoms. The number of nitrogens with zero attached hydrogens (tertiary/aromatic N) is 4. The third-order valence-corrected chi connectivity index (χ3v) is 5.19. The van der Waals surface area contributed by atoms with Crippen molar-refractivity contribution in [2.75, 3.05) is 0 Å². The van der Waals surface area contributed by atoms with Gasteiger partial charge in [-0.05, 0) is 12.8 Å². The first-order chi connectivity index (χ1) is 9.72. The van der Waals surface area contributed by atoms with E-state index in [-0.39, 0.29) is 6.42 Å². The summed E-state index contributed by atoms with van der Waals surface area (Å²) >= 11 is 3.07. The lowest BCUT2D eigenvalue weighted by Gasteiger charge is -2.14. The zero-order chi connectivity index (χ0) is 13.9. The van der Waals surface area contributed by atoms with Crippen LogP contribution < -0.4 is 0 Å². The van der Waals surface area contributed by atoms with Crippen molar-refractivity contribution >= 4 is 29.1 Å². The molecule has 0 fully saturated rings. The van der Waals surface area contributed by atoms with Crippen LogP contribution in [-0.4, -0.2) is 30.8 Å². The van der Waals surface area contributed by atoms with Gasteiger partial charge in [-0.2, -0.15) is 0 Å². The highest BCUT2D eigenvalue weighted by atomic mass is 32.2. The maximum absolute atomic E-state index is 10.6. The second kappa shape index (κ2) is 5.92. The molecule has 0 saturated carbocycles.